The maximum Gasteiger partial charge on any atom is 0.255 e. The van der Waals surface area contributed by atoms with Gasteiger partial charge < -0.3 is 15.7 Å². The molecule has 1 amide bonds. The first-order valence-electron chi connectivity index (χ1n) is 6.80. The van der Waals surface area contributed by atoms with Crippen molar-refractivity contribution in [3.05, 3.63) is 29.8 Å². The minimum absolute atomic E-state index is 0.0239. The third-order valence-electron chi connectivity index (χ3n) is 3.95. The molecule has 4 heteroatoms. The van der Waals surface area contributed by atoms with Gasteiger partial charge in [0.25, 0.3) is 5.91 Å². The zero-order valence-electron chi connectivity index (χ0n) is 11.6. The Morgan fingerprint density at radius 3 is 2.89 bits per heavy atom. The van der Waals surface area contributed by atoms with E-state index < -0.39 is 0 Å². The Bertz CT molecular complexity index is 457. The first-order chi connectivity index (χ1) is 9.00. The second-order valence-corrected chi connectivity index (χ2v) is 5.83. The fourth-order valence-electron chi connectivity index (χ4n) is 2.57. The fourth-order valence-corrected chi connectivity index (χ4v) is 2.57. The van der Waals surface area contributed by atoms with Crippen molar-refractivity contribution < 1.29 is 9.90 Å². The Balaban J connectivity index is 1.95. The molecule has 1 aromatic carbocycles. The minimum Gasteiger partial charge on any atom is -0.507 e. The summed E-state index contributed by atoms with van der Waals surface area (Å²) in [6, 6.07) is 6.88. The molecular formula is C15H22N2O2. The lowest BCUT2D eigenvalue weighted by Gasteiger charge is -2.39. The van der Waals surface area contributed by atoms with Crippen LogP contribution in [0.1, 0.15) is 37.0 Å². The summed E-state index contributed by atoms with van der Waals surface area (Å²) in [5.41, 5.74) is 0.515. The Morgan fingerprint density at radius 2 is 2.21 bits per heavy atom. The fraction of sp³-hybridized carbons (Fsp3) is 0.533. The standard InChI is InChI=1S/C15H22N2O2/c1-15(2)8-5-9-16-13(15)10-17-14(19)11-6-3-4-7-12(11)18/h3-4,6-7,13,16,18H,5,8-10H2,1-2H3,(H,17,19). The van der Waals surface area contributed by atoms with E-state index in [1.807, 2.05) is 0 Å². The van der Waals surface area contributed by atoms with Crippen LogP contribution in [-0.4, -0.2) is 30.1 Å². The zero-order valence-corrected chi connectivity index (χ0v) is 11.6. The molecule has 0 saturated carbocycles. The molecule has 1 fully saturated rings. The number of aromatic hydroxyl groups is 1. The van der Waals surface area contributed by atoms with Crippen LogP contribution < -0.4 is 10.6 Å². The molecule has 4 nitrogen and oxygen atoms in total. The highest BCUT2D eigenvalue weighted by Gasteiger charge is 2.32. The first kappa shape index (κ1) is 13.9. The van der Waals surface area contributed by atoms with Crippen LogP contribution in [0.25, 0.3) is 0 Å². The van der Waals surface area contributed by atoms with Crippen molar-refractivity contribution in [3.8, 4) is 5.75 Å². The lowest BCUT2D eigenvalue weighted by Crippen LogP contribution is -2.52. The molecule has 1 aliphatic rings. The van der Waals surface area contributed by atoms with Gasteiger partial charge in [0.15, 0.2) is 0 Å². The Labute approximate surface area is 114 Å². The topological polar surface area (TPSA) is 61.4 Å². The summed E-state index contributed by atoms with van der Waals surface area (Å²) in [4.78, 5) is 12.0. The quantitative estimate of drug-likeness (QED) is 0.779. The number of para-hydroxylation sites is 1. The average molecular weight is 262 g/mol. The third kappa shape index (κ3) is 3.26. The van der Waals surface area contributed by atoms with Crippen LogP contribution in [-0.2, 0) is 0 Å². The molecule has 2 rings (SSSR count). The van der Waals surface area contributed by atoms with Crippen LogP contribution in [0, 0.1) is 5.41 Å². The van der Waals surface area contributed by atoms with Crippen molar-refractivity contribution in [3.63, 3.8) is 0 Å². The van der Waals surface area contributed by atoms with Gasteiger partial charge in [0.05, 0.1) is 5.56 Å². The second-order valence-electron chi connectivity index (χ2n) is 5.83. The molecule has 19 heavy (non-hydrogen) atoms. The number of rotatable bonds is 3. The predicted octanol–water partition coefficient (Wildman–Crippen LogP) is 1.90. The molecule has 104 valence electrons. The maximum atomic E-state index is 12.0. The van der Waals surface area contributed by atoms with E-state index in [-0.39, 0.29) is 23.1 Å². The number of phenols is 1. The Morgan fingerprint density at radius 1 is 1.47 bits per heavy atom. The van der Waals surface area contributed by atoms with E-state index in [1.54, 1.807) is 18.2 Å². The Kier molecular flexibility index (Phi) is 4.10. The number of carbonyl (C=O) groups excluding carboxylic acids is 1. The molecule has 0 aliphatic carbocycles. The second kappa shape index (κ2) is 5.61. The van der Waals surface area contributed by atoms with Gasteiger partial charge in [-0.15, -0.1) is 0 Å². The number of phenolic OH excluding ortho intramolecular Hbond substituents is 1. The molecule has 3 N–H and O–H groups in total. The van der Waals surface area contributed by atoms with Gasteiger partial charge in [0.2, 0.25) is 0 Å². The lowest BCUT2D eigenvalue weighted by atomic mass is 9.77. The smallest absolute Gasteiger partial charge is 0.255 e. The van der Waals surface area contributed by atoms with Crippen LogP contribution in [0.15, 0.2) is 24.3 Å². The van der Waals surface area contributed by atoms with Crippen molar-refractivity contribution >= 4 is 5.91 Å². The molecule has 1 saturated heterocycles. The van der Waals surface area contributed by atoms with Crippen molar-refractivity contribution in [2.75, 3.05) is 13.1 Å². The highest BCUT2D eigenvalue weighted by atomic mass is 16.3. The molecule has 0 spiro atoms. The summed E-state index contributed by atoms with van der Waals surface area (Å²) in [6.45, 7) is 6.02. The molecular weight excluding hydrogens is 240 g/mol. The molecule has 1 aromatic rings. The Hall–Kier alpha value is -1.55. The molecule has 0 bridgehead atoms. The number of amides is 1. The van der Waals surface area contributed by atoms with Gasteiger partial charge in [0.1, 0.15) is 5.75 Å². The zero-order chi connectivity index (χ0) is 13.9. The number of hydrogen-bond acceptors (Lipinski definition) is 3. The van der Waals surface area contributed by atoms with Gasteiger partial charge in [-0.1, -0.05) is 26.0 Å². The maximum absolute atomic E-state index is 12.0. The van der Waals surface area contributed by atoms with Gasteiger partial charge in [-0.3, -0.25) is 4.79 Å². The van der Waals surface area contributed by atoms with Crippen LogP contribution in [0.5, 0.6) is 5.75 Å². The number of nitrogens with one attached hydrogen (secondary N) is 2. The van der Waals surface area contributed by atoms with Gasteiger partial charge >= 0.3 is 0 Å². The van der Waals surface area contributed by atoms with Gasteiger partial charge in [-0.2, -0.15) is 0 Å². The largest absolute Gasteiger partial charge is 0.507 e. The van der Waals surface area contributed by atoms with E-state index in [0.717, 1.165) is 13.0 Å². The van der Waals surface area contributed by atoms with E-state index in [1.165, 1.54) is 12.5 Å². The van der Waals surface area contributed by atoms with E-state index in [9.17, 15) is 9.90 Å². The summed E-state index contributed by atoms with van der Waals surface area (Å²) in [7, 11) is 0. The minimum atomic E-state index is -0.221. The summed E-state index contributed by atoms with van der Waals surface area (Å²) < 4.78 is 0. The summed E-state index contributed by atoms with van der Waals surface area (Å²) in [5, 5.41) is 16.0. The van der Waals surface area contributed by atoms with Gasteiger partial charge in [-0.05, 0) is 36.9 Å². The molecule has 1 atom stereocenters. The monoisotopic (exact) mass is 262 g/mol. The highest BCUT2D eigenvalue weighted by molar-refractivity contribution is 5.96. The number of carbonyl (C=O) groups is 1. The SMILES string of the molecule is CC1(C)CCCNC1CNC(=O)c1ccccc1O. The normalized spacial score (nSPS) is 21.9. The average Bonchev–Trinajstić information content (AvgIpc) is 2.37. The van der Waals surface area contributed by atoms with Crippen LogP contribution in [0.4, 0.5) is 0 Å². The number of hydrogen-bond donors (Lipinski definition) is 3. The van der Waals surface area contributed by atoms with Crippen molar-refractivity contribution in [2.24, 2.45) is 5.41 Å². The molecule has 1 aliphatic heterocycles. The van der Waals surface area contributed by atoms with Gasteiger partial charge in [-0.25, -0.2) is 0 Å². The summed E-state index contributed by atoms with van der Waals surface area (Å²) >= 11 is 0. The van der Waals surface area contributed by atoms with Crippen LogP contribution in [0.2, 0.25) is 0 Å². The summed E-state index contributed by atoms with van der Waals surface area (Å²) in [5.74, 6) is -0.197. The van der Waals surface area contributed by atoms with E-state index in [4.69, 9.17) is 0 Å². The highest BCUT2D eigenvalue weighted by Crippen LogP contribution is 2.29. The molecule has 1 heterocycles. The van der Waals surface area contributed by atoms with Crippen LogP contribution >= 0.6 is 0 Å². The van der Waals surface area contributed by atoms with Gasteiger partial charge in [0, 0.05) is 12.6 Å². The van der Waals surface area contributed by atoms with Crippen molar-refractivity contribution in [1.82, 2.24) is 10.6 Å². The summed E-state index contributed by atoms with van der Waals surface area (Å²) in [6.07, 6.45) is 2.34. The first-order valence-corrected chi connectivity index (χ1v) is 6.80. The molecule has 0 aromatic heterocycles. The van der Waals surface area contributed by atoms with E-state index >= 15 is 0 Å². The van der Waals surface area contributed by atoms with Crippen molar-refractivity contribution in [2.45, 2.75) is 32.7 Å². The number of benzene rings is 1. The number of piperidine rings is 1. The van der Waals surface area contributed by atoms with Crippen molar-refractivity contribution in [1.29, 1.82) is 0 Å². The van der Waals surface area contributed by atoms with E-state index in [0.29, 0.717) is 12.1 Å². The van der Waals surface area contributed by atoms with E-state index in [2.05, 4.69) is 24.5 Å². The lowest BCUT2D eigenvalue weighted by molar-refractivity contribution is 0.0926. The molecule has 1 unspecified atom stereocenters. The third-order valence-corrected chi connectivity index (χ3v) is 3.95. The molecule has 0 radical (unpaired) electrons. The predicted molar refractivity (Wildman–Crippen MR) is 75.2 cm³/mol. The van der Waals surface area contributed by atoms with Crippen LogP contribution in [0.3, 0.4) is 0 Å².